The molecule has 0 bridgehead atoms. The Bertz CT molecular complexity index is 918. The molecule has 1 aromatic rings. The highest BCUT2D eigenvalue weighted by atomic mass is 35.5. The standard InChI is InChI=1S/C20H26ClN3O5S/c1-11(2)15-7-13(8-22-15)14-5-6-16(25)19(18(14)21)23-9-17(26)24(30(23)28)10-29-20(27)12(3)4/h5-7,11-12,15,22,25H,8-10H2,1-4H3. The number of nitrogens with one attached hydrogen (secondary N) is 1. The van der Waals surface area contributed by atoms with E-state index in [1.165, 1.54) is 10.4 Å². The molecule has 1 saturated heterocycles. The molecule has 2 heterocycles. The number of rotatable bonds is 6. The van der Waals surface area contributed by atoms with Crippen LogP contribution in [0.3, 0.4) is 0 Å². The first-order valence-electron chi connectivity index (χ1n) is 9.74. The summed E-state index contributed by atoms with van der Waals surface area (Å²) in [5.74, 6) is -1.14. The number of benzene rings is 1. The number of amides is 1. The van der Waals surface area contributed by atoms with E-state index in [1.54, 1.807) is 19.9 Å². The Hall–Kier alpha value is -2.10. The SMILES string of the molecule is CC(C)C(=O)OCN1C(=O)CN(c2c(O)ccc(C3=CC(C(C)C)NC3)c2Cl)S1=O. The van der Waals surface area contributed by atoms with Gasteiger partial charge in [0.2, 0.25) is 11.2 Å². The van der Waals surface area contributed by atoms with Crippen molar-refractivity contribution < 1.29 is 23.6 Å². The van der Waals surface area contributed by atoms with Crippen LogP contribution < -0.4 is 9.62 Å². The van der Waals surface area contributed by atoms with Gasteiger partial charge in [0.15, 0.2) is 6.73 Å². The average molecular weight is 456 g/mol. The summed E-state index contributed by atoms with van der Waals surface area (Å²) < 4.78 is 20.1. The summed E-state index contributed by atoms with van der Waals surface area (Å²) in [6.45, 7) is 7.48. The molecular formula is C20H26ClN3O5S. The lowest BCUT2D eigenvalue weighted by atomic mass is 10.0. The Morgan fingerprint density at radius 2 is 2.07 bits per heavy atom. The second kappa shape index (κ2) is 8.95. The minimum absolute atomic E-state index is 0.118. The van der Waals surface area contributed by atoms with Crippen molar-refractivity contribution in [2.24, 2.45) is 11.8 Å². The van der Waals surface area contributed by atoms with Gasteiger partial charge in [-0.15, -0.1) is 0 Å². The molecule has 0 aliphatic carbocycles. The van der Waals surface area contributed by atoms with Gasteiger partial charge < -0.3 is 15.2 Å². The third-order valence-corrected chi connectivity index (χ3v) is 6.80. The highest BCUT2D eigenvalue weighted by molar-refractivity contribution is 7.85. The maximum Gasteiger partial charge on any atom is 0.310 e. The van der Waals surface area contributed by atoms with Crippen molar-refractivity contribution in [3.05, 3.63) is 28.8 Å². The van der Waals surface area contributed by atoms with Gasteiger partial charge in [-0.05, 0) is 29.2 Å². The van der Waals surface area contributed by atoms with Crippen LogP contribution in [0.2, 0.25) is 5.02 Å². The predicted molar refractivity (Wildman–Crippen MR) is 116 cm³/mol. The first-order chi connectivity index (χ1) is 14.1. The number of carbonyl (C=O) groups excluding carboxylic acids is 2. The second-order valence-electron chi connectivity index (χ2n) is 7.92. The molecule has 164 valence electrons. The molecule has 2 aliphatic heterocycles. The zero-order valence-electron chi connectivity index (χ0n) is 17.3. The van der Waals surface area contributed by atoms with E-state index < -0.39 is 29.8 Å². The molecule has 30 heavy (non-hydrogen) atoms. The van der Waals surface area contributed by atoms with Crippen LogP contribution in [0.1, 0.15) is 33.3 Å². The molecule has 2 atom stereocenters. The lowest BCUT2D eigenvalue weighted by Crippen LogP contribution is -2.32. The molecule has 2 aliphatic rings. The van der Waals surface area contributed by atoms with Crippen molar-refractivity contribution in [3.63, 3.8) is 0 Å². The van der Waals surface area contributed by atoms with E-state index in [2.05, 4.69) is 25.2 Å². The molecule has 3 rings (SSSR count). The van der Waals surface area contributed by atoms with Crippen LogP contribution in [0.25, 0.3) is 5.57 Å². The van der Waals surface area contributed by atoms with Crippen molar-refractivity contribution in [1.29, 1.82) is 0 Å². The molecule has 1 fully saturated rings. The number of hydrogen-bond donors (Lipinski definition) is 2. The van der Waals surface area contributed by atoms with Crippen molar-refractivity contribution in [2.45, 2.75) is 33.7 Å². The number of nitrogens with zero attached hydrogens (tertiary/aromatic N) is 2. The summed E-state index contributed by atoms with van der Waals surface area (Å²) in [6.07, 6.45) is 2.09. The fourth-order valence-corrected chi connectivity index (χ4v) is 4.85. The average Bonchev–Trinajstić information content (AvgIpc) is 3.26. The van der Waals surface area contributed by atoms with Crippen molar-refractivity contribution in [3.8, 4) is 5.75 Å². The molecule has 2 unspecified atom stereocenters. The number of carbonyl (C=O) groups is 2. The summed E-state index contributed by atoms with van der Waals surface area (Å²) in [4.78, 5) is 24.1. The van der Waals surface area contributed by atoms with Gasteiger partial charge in [0.1, 0.15) is 18.0 Å². The molecule has 0 saturated carbocycles. The number of hydrogen-bond acceptors (Lipinski definition) is 6. The lowest BCUT2D eigenvalue weighted by Gasteiger charge is -2.21. The van der Waals surface area contributed by atoms with E-state index in [1.807, 2.05) is 0 Å². The first-order valence-corrected chi connectivity index (χ1v) is 11.2. The Balaban J connectivity index is 1.87. The van der Waals surface area contributed by atoms with Gasteiger partial charge in [0.05, 0.1) is 10.9 Å². The van der Waals surface area contributed by atoms with E-state index >= 15 is 0 Å². The molecule has 1 amide bonds. The number of halogens is 1. The summed E-state index contributed by atoms with van der Waals surface area (Å²) in [5, 5.41) is 14.0. The normalized spacial score (nSPS) is 21.7. The number of phenols is 1. The van der Waals surface area contributed by atoms with Crippen LogP contribution in [0.4, 0.5) is 5.69 Å². The van der Waals surface area contributed by atoms with E-state index in [9.17, 15) is 18.9 Å². The van der Waals surface area contributed by atoms with E-state index in [4.69, 9.17) is 16.3 Å². The van der Waals surface area contributed by atoms with Crippen LogP contribution in [-0.4, -0.2) is 51.4 Å². The van der Waals surface area contributed by atoms with E-state index in [0.717, 1.165) is 9.88 Å². The number of anilines is 1. The van der Waals surface area contributed by atoms with E-state index in [0.29, 0.717) is 18.0 Å². The molecule has 2 N–H and O–H groups in total. The molecule has 0 aromatic heterocycles. The Morgan fingerprint density at radius 3 is 2.67 bits per heavy atom. The zero-order chi connectivity index (χ0) is 22.2. The molecule has 8 nitrogen and oxygen atoms in total. The van der Waals surface area contributed by atoms with Gasteiger partial charge in [-0.1, -0.05) is 45.4 Å². The Labute approximate surface area is 183 Å². The third kappa shape index (κ3) is 4.33. The highest BCUT2D eigenvalue weighted by Gasteiger charge is 2.39. The fourth-order valence-electron chi connectivity index (χ4n) is 3.24. The van der Waals surface area contributed by atoms with Crippen LogP contribution in [0.5, 0.6) is 5.75 Å². The largest absolute Gasteiger partial charge is 0.506 e. The number of phenolic OH excluding ortho intramolecular Hbond substituents is 1. The monoisotopic (exact) mass is 455 g/mol. The third-order valence-electron chi connectivity index (χ3n) is 5.05. The molecular weight excluding hydrogens is 430 g/mol. The molecule has 10 heteroatoms. The maximum atomic E-state index is 12.9. The van der Waals surface area contributed by atoms with Gasteiger partial charge in [-0.25, -0.2) is 8.51 Å². The van der Waals surface area contributed by atoms with Crippen LogP contribution in [0, 0.1) is 11.8 Å². The van der Waals surface area contributed by atoms with Gasteiger partial charge in [-0.3, -0.25) is 13.9 Å². The lowest BCUT2D eigenvalue weighted by molar-refractivity contribution is -0.151. The van der Waals surface area contributed by atoms with Crippen LogP contribution >= 0.6 is 11.6 Å². The van der Waals surface area contributed by atoms with Crippen molar-refractivity contribution in [1.82, 2.24) is 9.62 Å². The minimum atomic E-state index is -1.99. The number of aromatic hydroxyl groups is 1. The summed E-state index contributed by atoms with van der Waals surface area (Å²) in [7, 11) is 0. The first kappa shape index (κ1) is 22.6. The van der Waals surface area contributed by atoms with Gasteiger partial charge >= 0.3 is 5.97 Å². The summed E-state index contributed by atoms with van der Waals surface area (Å²) in [6, 6.07) is 3.39. The van der Waals surface area contributed by atoms with E-state index in [-0.39, 0.29) is 35.0 Å². The molecule has 0 radical (unpaired) electrons. The van der Waals surface area contributed by atoms with Crippen LogP contribution in [0.15, 0.2) is 18.2 Å². The van der Waals surface area contributed by atoms with Gasteiger partial charge in [-0.2, -0.15) is 0 Å². The minimum Gasteiger partial charge on any atom is -0.506 e. The van der Waals surface area contributed by atoms with Gasteiger partial charge in [0, 0.05) is 12.6 Å². The Kier molecular flexibility index (Phi) is 6.74. The highest BCUT2D eigenvalue weighted by Crippen LogP contribution is 2.42. The van der Waals surface area contributed by atoms with Crippen molar-refractivity contribution >= 4 is 45.9 Å². The Morgan fingerprint density at radius 1 is 1.37 bits per heavy atom. The smallest absolute Gasteiger partial charge is 0.310 e. The predicted octanol–water partition coefficient (Wildman–Crippen LogP) is 2.44. The van der Waals surface area contributed by atoms with Gasteiger partial charge in [0.25, 0.3) is 5.91 Å². The topological polar surface area (TPSA) is 99.2 Å². The van der Waals surface area contributed by atoms with Crippen molar-refractivity contribution in [2.75, 3.05) is 24.1 Å². The molecule has 0 spiro atoms. The van der Waals surface area contributed by atoms with Crippen LogP contribution in [-0.2, 0) is 25.5 Å². The summed E-state index contributed by atoms with van der Waals surface area (Å²) in [5.41, 5.74) is 1.79. The maximum absolute atomic E-state index is 12.9. The number of ether oxygens (including phenoxy) is 1. The molecule has 1 aromatic carbocycles. The quantitative estimate of drug-likeness (QED) is 0.639. The zero-order valence-corrected chi connectivity index (χ0v) is 18.9. The number of esters is 1. The fraction of sp³-hybridized carbons (Fsp3) is 0.500. The summed E-state index contributed by atoms with van der Waals surface area (Å²) >= 11 is 4.62. The second-order valence-corrected chi connectivity index (χ2v) is 9.65.